The van der Waals surface area contributed by atoms with Crippen LogP contribution in [0.15, 0.2) is 54.6 Å². The monoisotopic (exact) mass is 280 g/mol. The van der Waals surface area contributed by atoms with Gasteiger partial charge in [-0.05, 0) is 42.0 Å². The van der Waals surface area contributed by atoms with Gasteiger partial charge in [-0.3, -0.25) is 0 Å². The summed E-state index contributed by atoms with van der Waals surface area (Å²) in [5.41, 5.74) is 1.45. The second-order valence-corrected chi connectivity index (χ2v) is 5.89. The Balaban J connectivity index is 1.67. The Kier molecular flexibility index (Phi) is 7.07. The second kappa shape index (κ2) is 9.39. The molecule has 2 aromatic rings. The molecule has 0 amide bonds. The molecule has 21 heavy (non-hydrogen) atoms. The Labute approximate surface area is 129 Å². The molecule has 0 radical (unpaired) electrons. The van der Waals surface area contributed by atoms with E-state index in [2.05, 4.69) is 61.5 Å². The summed E-state index contributed by atoms with van der Waals surface area (Å²) in [5.74, 6) is 0. The van der Waals surface area contributed by atoms with E-state index in [1.807, 2.05) is 0 Å². The third-order valence-corrected chi connectivity index (χ3v) is 4.05. The van der Waals surface area contributed by atoms with Crippen LogP contribution in [-0.2, 0) is 6.42 Å². The topological polar surface area (TPSA) is 0 Å². The van der Waals surface area contributed by atoms with Crippen LogP contribution >= 0.6 is 0 Å². The van der Waals surface area contributed by atoms with Gasteiger partial charge < -0.3 is 0 Å². The van der Waals surface area contributed by atoms with Crippen LogP contribution in [0, 0.1) is 0 Å². The standard InChI is InChI=1S/C21H28/c1-2-3-4-5-6-7-8-9-10-13-19-16-17-20-14-11-12-15-21(20)18-19/h8-9,11-12,14-18H,2-7,10,13H2,1H3/b9-8+. The Bertz CT molecular complexity index is 551. The lowest BCUT2D eigenvalue weighted by atomic mass is 10.0. The van der Waals surface area contributed by atoms with Crippen LogP contribution in [0.4, 0.5) is 0 Å². The molecule has 0 nitrogen and oxygen atoms in total. The zero-order valence-electron chi connectivity index (χ0n) is 13.4. The first-order valence-corrected chi connectivity index (χ1v) is 8.53. The number of hydrogen-bond donors (Lipinski definition) is 0. The third kappa shape index (κ3) is 5.75. The number of aryl methyl sites for hydroxylation is 1. The minimum Gasteiger partial charge on any atom is -0.0885 e. The van der Waals surface area contributed by atoms with E-state index in [4.69, 9.17) is 0 Å². The van der Waals surface area contributed by atoms with Crippen molar-refractivity contribution in [3.05, 3.63) is 60.2 Å². The number of allylic oxidation sites excluding steroid dienone is 2. The summed E-state index contributed by atoms with van der Waals surface area (Å²) in [7, 11) is 0. The summed E-state index contributed by atoms with van der Waals surface area (Å²) in [6.45, 7) is 2.27. The van der Waals surface area contributed by atoms with Crippen molar-refractivity contribution in [1.82, 2.24) is 0 Å². The minimum absolute atomic E-state index is 1.15. The van der Waals surface area contributed by atoms with Gasteiger partial charge in [0.25, 0.3) is 0 Å². The fourth-order valence-corrected chi connectivity index (χ4v) is 2.75. The molecule has 0 heteroatoms. The van der Waals surface area contributed by atoms with Gasteiger partial charge in [-0.15, -0.1) is 0 Å². The summed E-state index contributed by atoms with van der Waals surface area (Å²) in [5, 5.41) is 2.69. The summed E-state index contributed by atoms with van der Waals surface area (Å²) in [6, 6.07) is 15.4. The molecular formula is C21H28. The van der Waals surface area contributed by atoms with E-state index < -0.39 is 0 Å². The summed E-state index contributed by atoms with van der Waals surface area (Å²) < 4.78 is 0. The molecule has 2 rings (SSSR count). The minimum atomic E-state index is 1.15. The molecule has 0 spiro atoms. The van der Waals surface area contributed by atoms with Crippen molar-refractivity contribution >= 4 is 10.8 Å². The first-order valence-electron chi connectivity index (χ1n) is 8.53. The maximum Gasteiger partial charge on any atom is -0.0181 e. The lowest BCUT2D eigenvalue weighted by Crippen LogP contribution is -1.83. The number of rotatable bonds is 9. The van der Waals surface area contributed by atoms with Crippen molar-refractivity contribution in [2.45, 2.75) is 58.3 Å². The highest BCUT2D eigenvalue weighted by molar-refractivity contribution is 5.82. The molecule has 0 saturated carbocycles. The van der Waals surface area contributed by atoms with E-state index in [0.29, 0.717) is 0 Å². The molecule has 0 bridgehead atoms. The Hall–Kier alpha value is -1.56. The molecule has 0 aliphatic rings. The van der Waals surface area contributed by atoms with Gasteiger partial charge in [0, 0.05) is 0 Å². The quantitative estimate of drug-likeness (QED) is 0.354. The lowest BCUT2D eigenvalue weighted by Gasteiger charge is -2.02. The number of hydrogen-bond acceptors (Lipinski definition) is 0. The highest BCUT2D eigenvalue weighted by atomic mass is 14.0. The lowest BCUT2D eigenvalue weighted by molar-refractivity contribution is 0.637. The van der Waals surface area contributed by atoms with Gasteiger partial charge in [-0.2, -0.15) is 0 Å². The van der Waals surface area contributed by atoms with E-state index >= 15 is 0 Å². The zero-order chi connectivity index (χ0) is 14.8. The normalized spacial score (nSPS) is 11.5. The molecule has 0 N–H and O–H groups in total. The van der Waals surface area contributed by atoms with Gasteiger partial charge in [-0.1, -0.05) is 87.2 Å². The molecule has 0 aliphatic heterocycles. The molecule has 0 aliphatic carbocycles. The van der Waals surface area contributed by atoms with Gasteiger partial charge in [0.15, 0.2) is 0 Å². The van der Waals surface area contributed by atoms with Crippen LogP contribution < -0.4 is 0 Å². The molecule has 2 aromatic carbocycles. The van der Waals surface area contributed by atoms with Crippen molar-refractivity contribution in [2.24, 2.45) is 0 Å². The average Bonchev–Trinajstić information content (AvgIpc) is 2.53. The van der Waals surface area contributed by atoms with Crippen LogP contribution in [0.2, 0.25) is 0 Å². The van der Waals surface area contributed by atoms with Gasteiger partial charge in [-0.25, -0.2) is 0 Å². The fourth-order valence-electron chi connectivity index (χ4n) is 2.75. The first kappa shape index (κ1) is 15.8. The molecule has 112 valence electrons. The smallest absolute Gasteiger partial charge is 0.0181 e. The maximum absolute atomic E-state index is 2.37. The second-order valence-electron chi connectivity index (χ2n) is 5.89. The van der Waals surface area contributed by atoms with Crippen molar-refractivity contribution in [3.8, 4) is 0 Å². The Morgan fingerprint density at radius 3 is 2.38 bits per heavy atom. The zero-order valence-corrected chi connectivity index (χ0v) is 13.4. The predicted octanol–water partition coefficient (Wildman–Crippen LogP) is 6.69. The number of fused-ring (bicyclic) bond motifs is 1. The summed E-state index contributed by atoms with van der Waals surface area (Å²) in [4.78, 5) is 0. The fraction of sp³-hybridized carbons (Fsp3) is 0.429. The van der Waals surface area contributed by atoms with E-state index in [9.17, 15) is 0 Å². The SMILES string of the molecule is CCCCCCC/C=C/CCc1ccc2ccccc2c1. The van der Waals surface area contributed by atoms with Gasteiger partial charge in [0.1, 0.15) is 0 Å². The average molecular weight is 280 g/mol. The largest absolute Gasteiger partial charge is 0.0885 e. The van der Waals surface area contributed by atoms with Gasteiger partial charge in [0.05, 0.1) is 0 Å². The molecule has 0 aromatic heterocycles. The van der Waals surface area contributed by atoms with E-state index in [0.717, 1.165) is 12.8 Å². The van der Waals surface area contributed by atoms with Crippen LogP contribution in [0.3, 0.4) is 0 Å². The molecule has 0 atom stereocenters. The molecule has 0 heterocycles. The number of unbranched alkanes of at least 4 members (excludes halogenated alkanes) is 5. The predicted molar refractivity (Wildman–Crippen MR) is 94.8 cm³/mol. The van der Waals surface area contributed by atoms with Crippen LogP contribution in [0.1, 0.15) is 57.4 Å². The van der Waals surface area contributed by atoms with Crippen molar-refractivity contribution in [1.29, 1.82) is 0 Å². The molecular weight excluding hydrogens is 252 g/mol. The van der Waals surface area contributed by atoms with Crippen LogP contribution in [0.25, 0.3) is 10.8 Å². The van der Waals surface area contributed by atoms with Crippen molar-refractivity contribution in [2.75, 3.05) is 0 Å². The van der Waals surface area contributed by atoms with Crippen molar-refractivity contribution < 1.29 is 0 Å². The highest BCUT2D eigenvalue weighted by Crippen LogP contribution is 2.16. The third-order valence-electron chi connectivity index (χ3n) is 4.05. The maximum atomic E-state index is 2.37. The molecule has 0 unspecified atom stereocenters. The van der Waals surface area contributed by atoms with Crippen LogP contribution in [0.5, 0.6) is 0 Å². The van der Waals surface area contributed by atoms with Crippen LogP contribution in [-0.4, -0.2) is 0 Å². The van der Waals surface area contributed by atoms with E-state index in [-0.39, 0.29) is 0 Å². The number of benzene rings is 2. The highest BCUT2D eigenvalue weighted by Gasteiger charge is 1.95. The molecule has 0 saturated heterocycles. The first-order chi connectivity index (χ1) is 10.4. The summed E-state index contributed by atoms with van der Waals surface area (Å²) in [6.07, 6.45) is 15.2. The van der Waals surface area contributed by atoms with E-state index in [1.54, 1.807) is 0 Å². The van der Waals surface area contributed by atoms with Gasteiger partial charge >= 0.3 is 0 Å². The Morgan fingerprint density at radius 1 is 0.762 bits per heavy atom. The summed E-state index contributed by atoms with van der Waals surface area (Å²) >= 11 is 0. The Morgan fingerprint density at radius 2 is 1.52 bits per heavy atom. The molecule has 0 fully saturated rings. The van der Waals surface area contributed by atoms with Crippen molar-refractivity contribution in [3.63, 3.8) is 0 Å². The van der Waals surface area contributed by atoms with E-state index in [1.165, 1.54) is 54.9 Å². The van der Waals surface area contributed by atoms with Gasteiger partial charge in [0.2, 0.25) is 0 Å².